The molecule has 0 saturated carbocycles. The number of carbonyl (C=O) groups excluding carboxylic acids is 2. The molecule has 1 N–H and O–H groups in total. The van der Waals surface area contributed by atoms with Gasteiger partial charge < -0.3 is 10.2 Å². The fraction of sp³-hybridized carbons (Fsp3) is 0.714. The van der Waals surface area contributed by atoms with Crippen molar-refractivity contribution < 1.29 is 19.2 Å². The third kappa shape index (κ3) is 6.44. The number of nitrogens with zero attached hydrogens (tertiary/aromatic N) is 2. The first-order valence-electron chi connectivity index (χ1n) is 4.01. The summed E-state index contributed by atoms with van der Waals surface area (Å²) in [5.41, 5.74) is 0. The molecule has 1 aliphatic rings. The maximum atomic E-state index is 11.0. The summed E-state index contributed by atoms with van der Waals surface area (Å²) in [6.07, 6.45) is 0. The Morgan fingerprint density at radius 3 is 2.13 bits per heavy atom. The van der Waals surface area contributed by atoms with Crippen LogP contribution in [0, 0.1) is 0 Å². The van der Waals surface area contributed by atoms with Gasteiger partial charge in [-0.1, -0.05) is 0 Å². The maximum Gasteiger partial charge on any atom is 0.289 e. The van der Waals surface area contributed by atoms with Crippen LogP contribution in [0.5, 0.6) is 0 Å². The zero-order chi connectivity index (χ0) is 11.0. The van der Waals surface area contributed by atoms with Crippen molar-refractivity contribution in [3.05, 3.63) is 5.32 Å². The average molecular weight is 488 g/mol. The monoisotopic (exact) mass is 488 g/mol. The van der Waals surface area contributed by atoms with Crippen LogP contribution in [0.4, 0.5) is 0 Å². The molecule has 0 unspecified atom stereocenters. The van der Waals surface area contributed by atoms with Crippen LogP contribution in [0.15, 0.2) is 0 Å². The number of amides is 1. The van der Waals surface area contributed by atoms with Crippen molar-refractivity contribution in [2.45, 2.75) is 6.92 Å². The number of hydrogen-bond donors (Lipinski definition) is 2. The molecule has 0 atom stereocenters. The summed E-state index contributed by atoms with van der Waals surface area (Å²) in [5, 5.41) is 11.0. The van der Waals surface area contributed by atoms with Gasteiger partial charge in [0, 0.05) is 32.9 Å². The van der Waals surface area contributed by atoms with Crippen molar-refractivity contribution >= 4 is 24.6 Å². The van der Waals surface area contributed by atoms with Crippen LogP contribution in [-0.4, -0.2) is 48.0 Å². The van der Waals surface area contributed by atoms with Crippen LogP contribution in [0.1, 0.15) is 6.92 Å². The number of thiol groups is 1. The normalized spacial score (nSPS) is 14.5. The molecule has 0 aromatic rings. The maximum absolute atomic E-state index is 11.0. The number of carbonyl (C=O) groups is 2. The Morgan fingerprint density at radius 1 is 1.40 bits per heavy atom. The van der Waals surface area contributed by atoms with Gasteiger partial charge in [0.05, 0.1) is 0 Å². The zero-order valence-corrected chi connectivity index (χ0v) is 15.8. The van der Waals surface area contributed by atoms with Crippen LogP contribution in [0.3, 0.4) is 0 Å². The molecule has 0 bridgehead atoms. The second kappa shape index (κ2) is 8.95. The van der Waals surface area contributed by atoms with Gasteiger partial charge in [-0.3, -0.25) is 9.59 Å². The van der Waals surface area contributed by atoms with E-state index in [4.69, 9.17) is 5.26 Å². The van der Waals surface area contributed by atoms with E-state index in [9.17, 15) is 9.59 Å². The third-order valence-corrected chi connectivity index (χ3v) is 1.64. The average Bonchev–Trinajstić information content (AvgIpc) is 2.19. The first-order valence-corrected chi connectivity index (χ1v) is 4.38. The first-order chi connectivity index (χ1) is 6.63. The van der Waals surface area contributed by atoms with Gasteiger partial charge in [-0.25, -0.2) is 5.26 Å². The molecule has 0 spiro atoms. The van der Waals surface area contributed by atoms with Gasteiger partial charge in [-0.15, -0.1) is 13.1 Å². The van der Waals surface area contributed by atoms with Gasteiger partial charge in [0.25, 0.3) is 5.91 Å². The molecule has 1 aliphatic heterocycles. The fourth-order valence-electron chi connectivity index (χ4n) is 1.03. The molecule has 6 nitrogen and oxygen atoms in total. The fourth-order valence-corrected chi connectivity index (χ4v) is 1.03. The topological polar surface area (TPSA) is 80.9 Å². The molecule has 0 aromatic heterocycles. The minimum absolute atomic E-state index is 0. The predicted molar refractivity (Wildman–Crippen MR) is 53.1 cm³/mol. The Morgan fingerprint density at radius 2 is 1.80 bits per heavy atom. The molecule has 1 heterocycles. The Balaban J connectivity index is 0. The number of Topliss-reactive ketones (excluding diaryl/α,β-unsaturated/α-hetero) is 1. The van der Waals surface area contributed by atoms with Crippen molar-refractivity contribution in [3.63, 3.8) is 0 Å². The summed E-state index contributed by atoms with van der Waals surface area (Å²) in [4.78, 5) is 23.2. The van der Waals surface area contributed by atoms with Gasteiger partial charge in [0.2, 0.25) is 5.78 Å². The van der Waals surface area contributed by atoms with Crippen LogP contribution in [0.25, 0.3) is 5.32 Å². The summed E-state index contributed by atoms with van der Waals surface area (Å²) in [7, 11) is 0. The third-order valence-electron chi connectivity index (χ3n) is 1.64. The minimum atomic E-state index is -0.383. The molecule has 15 heavy (non-hydrogen) atoms. The van der Waals surface area contributed by atoms with E-state index in [0.717, 1.165) is 0 Å². The van der Waals surface area contributed by atoms with Gasteiger partial charge in [-0.2, -0.15) is 4.33 Å². The van der Waals surface area contributed by atoms with E-state index in [1.807, 2.05) is 0 Å². The summed E-state index contributed by atoms with van der Waals surface area (Å²) >= 11 is 2.84. The van der Waals surface area contributed by atoms with E-state index in [-0.39, 0.29) is 11.7 Å². The van der Waals surface area contributed by atoms with E-state index >= 15 is 0 Å². The Bertz CT molecular complexity index is 199. The molecule has 0 aromatic carbocycles. The van der Waals surface area contributed by atoms with Crippen LogP contribution in [-0.2, 0) is 13.9 Å². The van der Waals surface area contributed by atoms with Gasteiger partial charge in [-0.05, 0) is 0 Å². The van der Waals surface area contributed by atoms with Crippen molar-refractivity contribution in [2.75, 3.05) is 26.2 Å². The van der Waals surface area contributed by atoms with E-state index < -0.39 is 0 Å². The number of hydrogen-bond acceptors (Lipinski definition) is 5. The second-order valence-electron chi connectivity index (χ2n) is 2.60. The smallest absolute Gasteiger partial charge is 0.289 e. The minimum Gasteiger partial charge on any atom is -0.659 e. The van der Waals surface area contributed by atoms with E-state index in [2.05, 4.69) is 22.6 Å². The van der Waals surface area contributed by atoms with Crippen molar-refractivity contribution in [3.8, 4) is 0 Å². The van der Waals surface area contributed by atoms with E-state index in [1.54, 1.807) is 4.90 Å². The SMILES string of the molecule is CC(=O)C(=O)N1CC[N-]CC1.OOS.[Rf]. The standard InChI is InChI=1S/C7H11N2O2.H2O2S.Rf/c1-6(10)7(11)9-4-2-8-3-5-9;1-2-3;/h2-5H2,1H3;1,3H;/q-1;;. The molecular weight excluding hydrogens is 475 g/mol. The Kier molecular flexibility index (Phi) is 9.44. The summed E-state index contributed by atoms with van der Waals surface area (Å²) < 4.78 is 2.94. The Hall–Kier alpha value is -1.63. The van der Waals surface area contributed by atoms with Crippen LogP contribution in [0.2, 0.25) is 0 Å². The van der Waals surface area contributed by atoms with Crippen LogP contribution < -0.4 is 0 Å². The molecule has 1 amide bonds. The molecule has 0 aliphatic carbocycles. The molecule has 1 fully saturated rings. The molecule has 1 saturated heterocycles. The van der Waals surface area contributed by atoms with Crippen molar-refractivity contribution in [1.29, 1.82) is 0 Å². The Labute approximate surface area is 87.8 Å². The number of ketones is 1. The van der Waals surface area contributed by atoms with Crippen molar-refractivity contribution in [1.82, 2.24) is 4.90 Å². The summed E-state index contributed by atoms with van der Waals surface area (Å²) in [5.74, 6) is -0.758. The molecular formula is C7H13N2O4RfS-. The van der Waals surface area contributed by atoms with Gasteiger partial charge >= 0.3 is 0 Å². The summed E-state index contributed by atoms with van der Waals surface area (Å²) in [6, 6.07) is 0. The quantitative estimate of drug-likeness (QED) is 0.181. The van der Waals surface area contributed by atoms with Crippen molar-refractivity contribution in [2.24, 2.45) is 0 Å². The van der Waals surface area contributed by atoms with Gasteiger partial charge in [0.15, 0.2) is 0 Å². The molecule has 0 radical (unpaired) electrons. The van der Waals surface area contributed by atoms with Gasteiger partial charge in [0.1, 0.15) is 0 Å². The molecule has 84 valence electrons. The molecule has 8 heteroatoms. The van der Waals surface area contributed by atoms with E-state index in [1.165, 1.54) is 6.92 Å². The largest absolute Gasteiger partial charge is 0.659 e. The second-order valence-corrected chi connectivity index (χ2v) is 2.76. The van der Waals surface area contributed by atoms with E-state index in [0.29, 0.717) is 26.2 Å². The first kappa shape index (κ1) is 15.8. The molecule has 1 rings (SSSR count). The predicted octanol–water partition coefficient (Wildman–Crippen LogP) is 0.112. The van der Waals surface area contributed by atoms with Crippen LogP contribution >= 0.6 is 12.9 Å². The summed E-state index contributed by atoms with van der Waals surface area (Å²) in [6.45, 7) is 3.82. The number of piperazine rings is 1. The number of rotatable bonds is 1. The zero-order valence-electron chi connectivity index (χ0n) is 8.55.